The molecule has 3 N–H and O–H groups in total. The summed E-state index contributed by atoms with van der Waals surface area (Å²) >= 11 is 0. The number of benzene rings is 2. The van der Waals surface area contributed by atoms with Gasteiger partial charge in [-0.2, -0.15) is 5.01 Å². The van der Waals surface area contributed by atoms with Gasteiger partial charge in [-0.05, 0) is 67.6 Å². The average Bonchev–Trinajstić information content (AvgIpc) is 3.24. The fourth-order valence-electron chi connectivity index (χ4n) is 3.80. The lowest BCUT2D eigenvalue weighted by atomic mass is 10.1. The highest BCUT2D eigenvalue weighted by Crippen LogP contribution is 2.25. The van der Waals surface area contributed by atoms with Gasteiger partial charge in [-0.25, -0.2) is 19.0 Å². The molecule has 3 aromatic rings. The maximum absolute atomic E-state index is 13.1. The molecule has 0 saturated heterocycles. The Kier molecular flexibility index (Phi) is 7.48. The molecule has 0 unspecified atom stereocenters. The number of hydrogen-bond acceptors (Lipinski definition) is 8. The Balaban J connectivity index is 1.71. The molecule has 0 fully saturated rings. The number of aromatic hydroxyl groups is 1. The van der Waals surface area contributed by atoms with Crippen LogP contribution in [0.15, 0.2) is 80.9 Å². The molecule has 2 aromatic carbocycles. The van der Waals surface area contributed by atoms with E-state index in [1.165, 1.54) is 73.8 Å². The minimum absolute atomic E-state index is 0.0138. The molecule has 40 heavy (non-hydrogen) atoms. The number of hydrazone groups is 1. The van der Waals surface area contributed by atoms with Crippen molar-refractivity contribution in [3.63, 3.8) is 0 Å². The van der Waals surface area contributed by atoms with Crippen LogP contribution in [-0.2, 0) is 16.6 Å². The first-order valence-corrected chi connectivity index (χ1v) is 11.7. The van der Waals surface area contributed by atoms with Crippen LogP contribution >= 0.6 is 0 Å². The third-order valence-electron chi connectivity index (χ3n) is 5.85. The van der Waals surface area contributed by atoms with E-state index in [-0.39, 0.29) is 40.5 Å². The molecule has 0 radical (unpaired) electrons. The number of rotatable bonds is 7. The summed E-state index contributed by atoms with van der Waals surface area (Å²) in [7, 11) is 1.22. The molecular formula is C27H22N4O9. The molecule has 0 spiro atoms. The molecule has 1 aromatic heterocycles. The normalized spacial score (nSPS) is 14.2. The zero-order valence-electron chi connectivity index (χ0n) is 21.1. The Labute approximate surface area is 225 Å². The summed E-state index contributed by atoms with van der Waals surface area (Å²) in [5.74, 6) is -3.59. The molecule has 204 valence electrons. The quantitative estimate of drug-likeness (QED) is 0.373. The van der Waals surface area contributed by atoms with Crippen molar-refractivity contribution in [3.8, 4) is 11.6 Å². The monoisotopic (exact) mass is 546 g/mol. The minimum atomic E-state index is -1.17. The van der Waals surface area contributed by atoms with E-state index >= 15 is 0 Å². The number of aromatic carboxylic acids is 2. The summed E-state index contributed by atoms with van der Waals surface area (Å²) in [6.45, 7) is 1.88. The highest BCUT2D eigenvalue weighted by atomic mass is 16.5. The lowest BCUT2D eigenvalue weighted by Gasteiger charge is -2.12. The van der Waals surface area contributed by atoms with E-state index in [1.54, 1.807) is 6.92 Å². The molecule has 13 heteroatoms. The van der Waals surface area contributed by atoms with Crippen molar-refractivity contribution in [2.24, 2.45) is 12.1 Å². The van der Waals surface area contributed by atoms with Crippen LogP contribution in [0, 0.1) is 0 Å². The van der Waals surface area contributed by atoms with Crippen molar-refractivity contribution in [1.29, 1.82) is 0 Å². The first kappa shape index (κ1) is 27.3. The van der Waals surface area contributed by atoms with Crippen LogP contribution in [0.5, 0.6) is 5.88 Å². The minimum Gasteiger partial charge on any atom is -0.494 e. The van der Waals surface area contributed by atoms with Crippen molar-refractivity contribution >= 4 is 35.5 Å². The summed E-state index contributed by atoms with van der Waals surface area (Å²) in [6.07, 6.45) is 3.82. The van der Waals surface area contributed by atoms with Crippen molar-refractivity contribution in [2.45, 2.75) is 6.92 Å². The highest BCUT2D eigenvalue weighted by molar-refractivity contribution is 6.28. The third-order valence-corrected chi connectivity index (χ3v) is 5.85. The number of hydrogen-bond donors (Lipinski definition) is 3. The largest absolute Gasteiger partial charge is 0.494 e. The van der Waals surface area contributed by atoms with Gasteiger partial charge in [-0.1, -0.05) is 6.08 Å². The molecule has 1 aliphatic rings. The molecule has 1 aliphatic heterocycles. The topological polar surface area (TPSA) is 181 Å². The van der Waals surface area contributed by atoms with Gasteiger partial charge in [0.05, 0.1) is 29.1 Å². The van der Waals surface area contributed by atoms with Crippen molar-refractivity contribution in [2.75, 3.05) is 11.6 Å². The van der Waals surface area contributed by atoms with E-state index in [1.807, 2.05) is 0 Å². The maximum atomic E-state index is 13.1. The number of carboxylic acids is 2. The number of nitrogens with zero attached hydrogens (tertiary/aromatic N) is 4. The summed E-state index contributed by atoms with van der Waals surface area (Å²) in [5.41, 5.74) is -1.51. The zero-order valence-corrected chi connectivity index (χ0v) is 21.1. The SMILES string of the molecule is CCOC1=NN(c2ccc(C(=O)O)cc2)C(=O)C1=CC=Cc1c(O)n(-c2ccc(C(=O)O)cc2)c(=O)n(C)c1=O. The number of amides is 1. The Bertz CT molecular complexity index is 1730. The number of anilines is 1. The number of carboxylic acid groups (broad SMARTS) is 2. The van der Waals surface area contributed by atoms with Gasteiger partial charge in [0.2, 0.25) is 11.8 Å². The van der Waals surface area contributed by atoms with Gasteiger partial charge < -0.3 is 20.1 Å². The molecule has 0 aliphatic carbocycles. The van der Waals surface area contributed by atoms with Gasteiger partial charge in [-0.15, -0.1) is 5.10 Å². The van der Waals surface area contributed by atoms with Gasteiger partial charge >= 0.3 is 17.6 Å². The number of ether oxygens (including phenoxy) is 1. The Morgan fingerprint density at radius 3 is 2.00 bits per heavy atom. The number of aromatic nitrogens is 2. The third kappa shape index (κ3) is 5.03. The van der Waals surface area contributed by atoms with Crippen LogP contribution in [0.2, 0.25) is 0 Å². The second kappa shape index (κ2) is 10.9. The molecule has 0 atom stereocenters. The van der Waals surface area contributed by atoms with Crippen LogP contribution in [0.4, 0.5) is 5.69 Å². The molecule has 0 saturated carbocycles. The molecule has 1 amide bonds. The molecule has 4 rings (SSSR count). The average molecular weight is 546 g/mol. The smallest absolute Gasteiger partial charge is 0.338 e. The van der Waals surface area contributed by atoms with Crippen molar-refractivity contribution in [3.05, 3.63) is 104 Å². The Morgan fingerprint density at radius 1 is 0.925 bits per heavy atom. The van der Waals surface area contributed by atoms with E-state index in [0.29, 0.717) is 5.69 Å². The maximum Gasteiger partial charge on any atom is 0.338 e. The van der Waals surface area contributed by atoms with Gasteiger partial charge in [-0.3, -0.25) is 14.2 Å². The van der Waals surface area contributed by atoms with E-state index in [2.05, 4.69) is 5.10 Å². The lowest BCUT2D eigenvalue weighted by Crippen LogP contribution is -2.38. The van der Waals surface area contributed by atoms with Gasteiger partial charge in [0, 0.05) is 7.05 Å². The Hall–Kier alpha value is -5.72. The second-order valence-corrected chi connectivity index (χ2v) is 8.32. The summed E-state index contributed by atoms with van der Waals surface area (Å²) < 4.78 is 7.09. The van der Waals surface area contributed by atoms with Gasteiger partial charge in [0.25, 0.3) is 11.5 Å². The van der Waals surface area contributed by atoms with E-state index in [0.717, 1.165) is 14.1 Å². The van der Waals surface area contributed by atoms with Gasteiger partial charge in [0.1, 0.15) is 11.1 Å². The summed E-state index contributed by atoms with van der Waals surface area (Å²) in [5, 5.41) is 34.2. The van der Waals surface area contributed by atoms with E-state index < -0.39 is 35.0 Å². The van der Waals surface area contributed by atoms with Gasteiger partial charge in [0.15, 0.2) is 0 Å². The molecule has 2 heterocycles. The summed E-state index contributed by atoms with van der Waals surface area (Å²) in [6, 6.07) is 10.6. The van der Waals surface area contributed by atoms with Crippen LogP contribution in [0.1, 0.15) is 33.2 Å². The second-order valence-electron chi connectivity index (χ2n) is 8.32. The first-order chi connectivity index (χ1) is 19.0. The predicted octanol–water partition coefficient (Wildman–Crippen LogP) is 1.97. The molecule has 0 bridgehead atoms. The van der Waals surface area contributed by atoms with Crippen molar-refractivity contribution in [1.82, 2.24) is 9.13 Å². The van der Waals surface area contributed by atoms with E-state index in [9.17, 15) is 29.1 Å². The summed E-state index contributed by atoms with van der Waals surface area (Å²) in [4.78, 5) is 60.9. The van der Waals surface area contributed by atoms with Crippen LogP contribution < -0.4 is 16.3 Å². The number of carbonyl (C=O) groups excluding carboxylic acids is 1. The van der Waals surface area contributed by atoms with Crippen LogP contribution in [0.25, 0.3) is 11.8 Å². The zero-order chi connectivity index (χ0) is 29.1. The fraction of sp³-hybridized carbons (Fsp3) is 0.111. The predicted molar refractivity (Wildman–Crippen MR) is 143 cm³/mol. The number of allylic oxidation sites excluding steroid dienone is 2. The van der Waals surface area contributed by atoms with Crippen LogP contribution in [0.3, 0.4) is 0 Å². The Morgan fingerprint density at radius 2 is 1.48 bits per heavy atom. The molecular weight excluding hydrogens is 524 g/mol. The van der Waals surface area contributed by atoms with Crippen LogP contribution in [-0.4, -0.2) is 54.8 Å². The first-order valence-electron chi connectivity index (χ1n) is 11.7. The highest BCUT2D eigenvalue weighted by Gasteiger charge is 2.32. The van der Waals surface area contributed by atoms with Crippen molar-refractivity contribution < 1.29 is 34.4 Å². The fourth-order valence-corrected chi connectivity index (χ4v) is 3.80. The lowest BCUT2D eigenvalue weighted by molar-refractivity contribution is -0.114. The number of carbonyl (C=O) groups is 3. The molecule has 13 nitrogen and oxygen atoms in total. The van der Waals surface area contributed by atoms with E-state index in [4.69, 9.17) is 14.9 Å². The standard InChI is InChI=1S/C27H22N4O9/c1-3-40-21-19(24(34)31(28-21)18-13-9-16(10-14-18)26(37)38)5-4-6-20-22(32)29(2)27(39)30(23(20)33)17-11-7-15(8-12-17)25(35)36/h4-14,33H,3H2,1-2H3,(H,35,36)(H,37,38).